The number of benzene rings is 1. The number of carboxylic acids is 1. The molecule has 118 valence electrons. The molecule has 0 unspecified atom stereocenters. The smallest absolute Gasteiger partial charge is 0.354 e. The Morgan fingerprint density at radius 3 is 2.71 bits per heavy atom. The van der Waals surface area contributed by atoms with E-state index in [1.54, 1.807) is 42.7 Å². The maximum Gasteiger partial charge on any atom is 0.354 e. The maximum absolute atomic E-state index is 11.5. The molecule has 0 atom stereocenters. The van der Waals surface area contributed by atoms with E-state index in [2.05, 4.69) is 20.3 Å². The first-order chi connectivity index (χ1) is 11.6. The number of pyridine rings is 1. The Balaban J connectivity index is 1.98. The molecule has 3 heterocycles. The van der Waals surface area contributed by atoms with Gasteiger partial charge < -0.3 is 10.4 Å². The number of anilines is 2. The zero-order valence-electron chi connectivity index (χ0n) is 12.1. The molecule has 0 aliphatic carbocycles. The summed E-state index contributed by atoms with van der Waals surface area (Å²) in [5.41, 5.74) is 1.88. The molecule has 0 saturated carbocycles. The van der Waals surface area contributed by atoms with Gasteiger partial charge in [0.15, 0.2) is 11.3 Å². The Morgan fingerprint density at radius 1 is 1.17 bits per heavy atom. The van der Waals surface area contributed by atoms with E-state index in [0.29, 0.717) is 27.5 Å². The number of rotatable bonds is 3. The number of aromatic nitrogens is 4. The fraction of sp³-hybridized carbons (Fsp3) is 0. The van der Waals surface area contributed by atoms with Crippen molar-refractivity contribution in [3.63, 3.8) is 0 Å². The van der Waals surface area contributed by atoms with Crippen molar-refractivity contribution in [3.8, 4) is 0 Å². The number of carbonyl (C=O) groups is 1. The monoisotopic (exact) mass is 339 g/mol. The lowest BCUT2D eigenvalue weighted by molar-refractivity contribution is 0.0689. The molecule has 0 spiro atoms. The van der Waals surface area contributed by atoms with Crippen LogP contribution in [0.2, 0.25) is 5.02 Å². The molecule has 24 heavy (non-hydrogen) atoms. The summed E-state index contributed by atoms with van der Waals surface area (Å²) in [5, 5.41) is 13.8. The van der Waals surface area contributed by atoms with Crippen molar-refractivity contribution in [2.24, 2.45) is 0 Å². The number of halogens is 1. The second-order valence-corrected chi connectivity index (χ2v) is 5.50. The fourth-order valence-corrected chi connectivity index (χ4v) is 2.60. The van der Waals surface area contributed by atoms with Crippen LogP contribution in [0.15, 0.2) is 48.9 Å². The summed E-state index contributed by atoms with van der Waals surface area (Å²) in [5.74, 6) is -0.743. The molecule has 0 aliphatic heterocycles. The third-order valence-corrected chi connectivity index (χ3v) is 3.81. The van der Waals surface area contributed by atoms with Gasteiger partial charge in [0, 0.05) is 23.1 Å². The predicted molar refractivity (Wildman–Crippen MR) is 90.0 cm³/mol. The van der Waals surface area contributed by atoms with Crippen LogP contribution in [-0.4, -0.2) is 30.4 Å². The van der Waals surface area contributed by atoms with Gasteiger partial charge in [-0.05, 0) is 30.3 Å². The first kappa shape index (κ1) is 14.4. The van der Waals surface area contributed by atoms with Crippen molar-refractivity contribution in [1.29, 1.82) is 0 Å². The average molecular weight is 340 g/mol. The van der Waals surface area contributed by atoms with E-state index in [1.807, 2.05) is 0 Å². The minimum atomic E-state index is -1.09. The summed E-state index contributed by atoms with van der Waals surface area (Å²) in [6.07, 6.45) is 4.54. The Morgan fingerprint density at radius 2 is 1.96 bits per heavy atom. The zero-order valence-corrected chi connectivity index (χ0v) is 12.9. The minimum Gasteiger partial charge on any atom is -0.477 e. The Labute approximate surface area is 140 Å². The number of hydrogen-bond acceptors (Lipinski definition) is 5. The highest BCUT2D eigenvalue weighted by molar-refractivity contribution is 6.30. The van der Waals surface area contributed by atoms with E-state index < -0.39 is 5.97 Å². The van der Waals surface area contributed by atoms with E-state index in [1.165, 1.54) is 10.6 Å². The van der Waals surface area contributed by atoms with E-state index in [-0.39, 0.29) is 5.69 Å². The van der Waals surface area contributed by atoms with Crippen LogP contribution in [0.1, 0.15) is 10.5 Å². The summed E-state index contributed by atoms with van der Waals surface area (Å²) in [6, 6.07) is 8.78. The van der Waals surface area contributed by atoms with Crippen LogP contribution in [-0.2, 0) is 0 Å². The van der Waals surface area contributed by atoms with Crippen LogP contribution >= 0.6 is 11.6 Å². The van der Waals surface area contributed by atoms with Gasteiger partial charge in [-0.25, -0.2) is 14.8 Å². The number of fused-ring (bicyclic) bond motifs is 3. The molecular formula is C16H10ClN5O2. The van der Waals surface area contributed by atoms with Gasteiger partial charge in [0.1, 0.15) is 0 Å². The van der Waals surface area contributed by atoms with Gasteiger partial charge in [-0.2, -0.15) is 0 Å². The van der Waals surface area contributed by atoms with Crippen molar-refractivity contribution in [2.75, 3.05) is 5.32 Å². The Bertz CT molecular complexity index is 1080. The van der Waals surface area contributed by atoms with E-state index in [4.69, 9.17) is 11.6 Å². The third kappa shape index (κ3) is 2.31. The number of carboxylic acid groups (broad SMARTS) is 1. The van der Waals surface area contributed by atoms with E-state index >= 15 is 0 Å². The molecule has 2 N–H and O–H groups in total. The fourth-order valence-electron chi connectivity index (χ4n) is 2.47. The molecule has 1 aromatic carbocycles. The van der Waals surface area contributed by atoms with Crippen LogP contribution in [0.5, 0.6) is 0 Å². The molecule has 7 nitrogen and oxygen atoms in total. The molecule has 0 fully saturated rings. The van der Waals surface area contributed by atoms with Crippen molar-refractivity contribution in [2.45, 2.75) is 0 Å². The first-order valence-electron chi connectivity index (χ1n) is 7.00. The molecule has 4 rings (SSSR count). The van der Waals surface area contributed by atoms with Crippen LogP contribution in [0, 0.1) is 0 Å². The summed E-state index contributed by atoms with van der Waals surface area (Å²) in [7, 11) is 0. The lowest BCUT2D eigenvalue weighted by Gasteiger charge is -2.11. The van der Waals surface area contributed by atoms with E-state index in [0.717, 1.165) is 5.69 Å². The van der Waals surface area contributed by atoms with Gasteiger partial charge in [0.25, 0.3) is 0 Å². The largest absolute Gasteiger partial charge is 0.477 e. The Kier molecular flexibility index (Phi) is 3.28. The highest BCUT2D eigenvalue weighted by Gasteiger charge is 2.17. The standard InChI is InChI=1S/C16H10ClN5O2/c17-9-1-3-10(4-2-9)20-16-21-12-5-6-18-7-11(12)14-19-8-13(15(23)24)22(14)16/h1-8H,(H,20,21)(H,23,24). The minimum absolute atomic E-state index is 0.0136. The molecule has 4 aromatic rings. The highest BCUT2D eigenvalue weighted by atomic mass is 35.5. The van der Waals surface area contributed by atoms with Crippen molar-refractivity contribution in [1.82, 2.24) is 19.4 Å². The first-order valence-corrected chi connectivity index (χ1v) is 7.38. The molecule has 0 saturated heterocycles. The number of nitrogens with one attached hydrogen (secondary N) is 1. The van der Waals surface area contributed by atoms with Crippen LogP contribution in [0.4, 0.5) is 11.6 Å². The zero-order chi connectivity index (χ0) is 16.7. The summed E-state index contributed by atoms with van der Waals surface area (Å²) >= 11 is 5.89. The predicted octanol–water partition coefficient (Wildman–Crippen LogP) is 3.37. The molecule has 0 aliphatic rings. The lowest BCUT2D eigenvalue weighted by atomic mass is 10.3. The average Bonchev–Trinajstić information content (AvgIpc) is 3.03. The second-order valence-electron chi connectivity index (χ2n) is 5.07. The summed E-state index contributed by atoms with van der Waals surface area (Å²) < 4.78 is 1.46. The van der Waals surface area contributed by atoms with Crippen molar-refractivity contribution in [3.05, 3.63) is 59.6 Å². The number of imidazole rings is 1. The molecule has 0 amide bonds. The number of aromatic carboxylic acids is 1. The molecule has 0 radical (unpaired) electrons. The van der Waals surface area contributed by atoms with Gasteiger partial charge >= 0.3 is 5.97 Å². The lowest BCUT2D eigenvalue weighted by Crippen LogP contribution is -2.08. The summed E-state index contributed by atoms with van der Waals surface area (Å²) in [4.78, 5) is 24.3. The van der Waals surface area contributed by atoms with Crippen LogP contribution in [0.3, 0.4) is 0 Å². The normalized spacial score (nSPS) is 11.0. The van der Waals surface area contributed by atoms with Gasteiger partial charge in [0.05, 0.1) is 17.1 Å². The quantitative estimate of drug-likeness (QED) is 0.594. The van der Waals surface area contributed by atoms with Gasteiger partial charge in [-0.1, -0.05) is 11.6 Å². The molecule has 3 aromatic heterocycles. The van der Waals surface area contributed by atoms with Crippen molar-refractivity contribution < 1.29 is 9.90 Å². The van der Waals surface area contributed by atoms with E-state index in [9.17, 15) is 9.90 Å². The van der Waals surface area contributed by atoms with Crippen LogP contribution in [0.25, 0.3) is 16.6 Å². The summed E-state index contributed by atoms with van der Waals surface area (Å²) in [6.45, 7) is 0. The van der Waals surface area contributed by atoms with Gasteiger partial charge in [0.2, 0.25) is 5.95 Å². The SMILES string of the molecule is O=C(O)c1cnc2c3cnccc3nc(Nc3ccc(Cl)cc3)n12. The Hall–Kier alpha value is -3.19. The second kappa shape index (κ2) is 5.47. The van der Waals surface area contributed by atoms with Gasteiger partial charge in [-0.3, -0.25) is 9.38 Å². The van der Waals surface area contributed by atoms with Crippen LogP contribution < -0.4 is 5.32 Å². The molecule has 0 bridgehead atoms. The van der Waals surface area contributed by atoms with Crippen molar-refractivity contribution >= 4 is 45.8 Å². The number of nitrogens with zero attached hydrogens (tertiary/aromatic N) is 4. The molecule has 8 heteroatoms. The topological polar surface area (TPSA) is 92.4 Å². The maximum atomic E-state index is 11.5. The third-order valence-electron chi connectivity index (χ3n) is 3.56. The number of hydrogen-bond donors (Lipinski definition) is 2. The van der Waals surface area contributed by atoms with Gasteiger partial charge in [-0.15, -0.1) is 0 Å². The molecular weight excluding hydrogens is 330 g/mol. The highest BCUT2D eigenvalue weighted by Crippen LogP contribution is 2.25.